The summed E-state index contributed by atoms with van der Waals surface area (Å²) in [6.07, 6.45) is 2.87. The standard InChI is InChI=1S/C17H20N4O4S/c1-2-19-7-8-20(14-11-26(24,25)10-13(14)19)16(22)12-9-18-15-5-3-4-6-21(15)17(12)23/h3-6,9,13-14H,2,7-8,10-11H2,1H3/t13-,14+/m0/s1. The fourth-order valence-electron chi connectivity index (χ4n) is 4.00. The Morgan fingerprint density at radius 1 is 1.23 bits per heavy atom. The van der Waals surface area contributed by atoms with Crippen LogP contribution in [0.25, 0.3) is 5.65 Å². The first kappa shape index (κ1) is 17.2. The fraction of sp³-hybridized carbons (Fsp3) is 0.471. The zero-order valence-electron chi connectivity index (χ0n) is 14.4. The summed E-state index contributed by atoms with van der Waals surface area (Å²) in [5.41, 5.74) is 0.00351. The Labute approximate surface area is 151 Å². The molecule has 2 aromatic rings. The summed E-state index contributed by atoms with van der Waals surface area (Å²) in [5, 5.41) is 0. The number of amides is 1. The lowest BCUT2D eigenvalue weighted by Crippen LogP contribution is -2.60. The molecule has 138 valence electrons. The van der Waals surface area contributed by atoms with E-state index in [9.17, 15) is 18.0 Å². The molecule has 0 saturated carbocycles. The van der Waals surface area contributed by atoms with Crippen molar-refractivity contribution in [3.8, 4) is 0 Å². The van der Waals surface area contributed by atoms with E-state index >= 15 is 0 Å². The summed E-state index contributed by atoms with van der Waals surface area (Å²) < 4.78 is 25.7. The topological polar surface area (TPSA) is 92.1 Å². The number of fused-ring (bicyclic) bond motifs is 2. The van der Waals surface area contributed by atoms with Gasteiger partial charge >= 0.3 is 0 Å². The number of pyridine rings is 1. The zero-order chi connectivity index (χ0) is 18.5. The van der Waals surface area contributed by atoms with Crippen molar-refractivity contribution in [2.75, 3.05) is 31.1 Å². The van der Waals surface area contributed by atoms with E-state index in [2.05, 4.69) is 9.88 Å². The number of carbonyl (C=O) groups is 1. The predicted molar refractivity (Wildman–Crippen MR) is 96.0 cm³/mol. The van der Waals surface area contributed by atoms with Gasteiger partial charge in [-0.1, -0.05) is 13.0 Å². The van der Waals surface area contributed by atoms with Crippen LogP contribution in [0.15, 0.2) is 35.4 Å². The number of piperazine rings is 1. The van der Waals surface area contributed by atoms with Crippen molar-refractivity contribution >= 4 is 21.4 Å². The molecule has 2 aromatic heterocycles. The van der Waals surface area contributed by atoms with Crippen molar-refractivity contribution in [3.63, 3.8) is 0 Å². The Morgan fingerprint density at radius 2 is 2.00 bits per heavy atom. The summed E-state index contributed by atoms with van der Waals surface area (Å²) >= 11 is 0. The van der Waals surface area contributed by atoms with Crippen LogP contribution in [0, 0.1) is 0 Å². The molecule has 0 aromatic carbocycles. The van der Waals surface area contributed by atoms with Crippen LogP contribution in [0.5, 0.6) is 0 Å². The molecule has 0 N–H and O–H groups in total. The molecule has 2 fully saturated rings. The molecule has 4 rings (SSSR count). The van der Waals surface area contributed by atoms with Gasteiger partial charge in [-0.15, -0.1) is 0 Å². The Bertz CT molecular complexity index is 1030. The first-order chi connectivity index (χ1) is 12.4. The van der Waals surface area contributed by atoms with E-state index in [1.807, 2.05) is 6.92 Å². The average molecular weight is 376 g/mol. The van der Waals surface area contributed by atoms with Crippen molar-refractivity contribution in [1.29, 1.82) is 0 Å². The summed E-state index contributed by atoms with van der Waals surface area (Å²) in [4.78, 5) is 33.6. The molecule has 0 bridgehead atoms. The second-order valence-corrected chi connectivity index (χ2v) is 8.90. The Balaban J connectivity index is 1.72. The highest BCUT2D eigenvalue weighted by molar-refractivity contribution is 7.91. The van der Waals surface area contributed by atoms with Gasteiger partial charge in [-0.2, -0.15) is 0 Å². The Kier molecular flexibility index (Phi) is 4.07. The van der Waals surface area contributed by atoms with Gasteiger partial charge in [0, 0.05) is 31.5 Å². The van der Waals surface area contributed by atoms with Gasteiger partial charge in [0.15, 0.2) is 9.84 Å². The van der Waals surface area contributed by atoms with Crippen LogP contribution in [0.1, 0.15) is 17.3 Å². The Morgan fingerprint density at radius 3 is 2.77 bits per heavy atom. The third kappa shape index (κ3) is 2.71. The molecule has 0 aliphatic carbocycles. The number of likely N-dealkylation sites (N-methyl/N-ethyl adjacent to an activating group) is 1. The third-order valence-electron chi connectivity index (χ3n) is 5.30. The van der Waals surface area contributed by atoms with Gasteiger partial charge in [-0.25, -0.2) is 13.4 Å². The summed E-state index contributed by atoms with van der Waals surface area (Å²) in [5.74, 6) is -0.435. The molecule has 8 nitrogen and oxygen atoms in total. The zero-order valence-corrected chi connectivity index (χ0v) is 15.2. The summed E-state index contributed by atoms with van der Waals surface area (Å²) in [7, 11) is -3.20. The number of aromatic nitrogens is 2. The van der Waals surface area contributed by atoms with Gasteiger partial charge in [0.25, 0.3) is 11.5 Å². The van der Waals surface area contributed by atoms with E-state index in [4.69, 9.17) is 0 Å². The van der Waals surface area contributed by atoms with Gasteiger partial charge in [0.2, 0.25) is 0 Å². The van der Waals surface area contributed by atoms with E-state index in [0.29, 0.717) is 18.7 Å². The highest BCUT2D eigenvalue weighted by Gasteiger charge is 2.47. The quantitative estimate of drug-likeness (QED) is 0.711. The molecule has 0 unspecified atom stereocenters. The molecule has 2 saturated heterocycles. The predicted octanol–water partition coefficient (Wildman–Crippen LogP) is -0.362. The highest BCUT2D eigenvalue weighted by atomic mass is 32.2. The lowest BCUT2D eigenvalue weighted by atomic mass is 10.0. The van der Waals surface area contributed by atoms with Crippen molar-refractivity contribution in [1.82, 2.24) is 19.2 Å². The van der Waals surface area contributed by atoms with E-state index in [1.165, 1.54) is 10.6 Å². The van der Waals surface area contributed by atoms with Gasteiger partial charge in [0.1, 0.15) is 11.2 Å². The van der Waals surface area contributed by atoms with Crippen molar-refractivity contribution in [2.45, 2.75) is 19.0 Å². The molecule has 0 spiro atoms. The van der Waals surface area contributed by atoms with Crippen molar-refractivity contribution < 1.29 is 13.2 Å². The van der Waals surface area contributed by atoms with E-state index in [0.717, 1.165) is 6.54 Å². The van der Waals surface area contributed by atoms with Crippen LogP contribution in [-0.4, -0.2) is 76.7 Å². The van der Waals surface area contributed by atoms with Crippen LogP contribution in [0.4, 0.5) is 0 Å². The second kappa shape index (κ2) is 6.17. The summed E-state index contributed by atoms with van der Waals surface area (Å²) in [6, 6.07) is 4.52. The van der Waals surface area contributed by atoms with E-state index in [-0.39, 0.29) is 23.1 Å². The number of rotatable bonds is 2. The van der Waals surface area contributed by atoms with Crippen LogP contribution < -0.4 is 5.56 Å². The van der Waals surface area contributed by atoms with Gasteiger partial charge < -0.3 is 4.90 Å². The van der Waals surface area contributed by atoms with Crippen molar-refractivity contribution in [3.05, 3.63) is 46.5 Å². The number of hydrogen-bond donors (Lipinski definition) is 0. The largest absolute Gasteiger partial charge is 0.332 e. The average Bonchev–Trinajstić information content (AvgIpc) is 2.95. The van der Waals surface area contributed by atoms with Crippen LogP contribution in [-0.2, 0) is 9.84 Å². The number of sulfone groups is 1. The van der Waals surface area contributed by atoms with E-state index in [1.54, 1.807) is 29.3 Å². The summed E-state index contributed by atoms with van der Waals surface area (Å²) in [6.45, 7) is 3.72. The maximum Gasteiger partial charge on any atom is 0.270 e. The molecular formula is C17H20N4O4S. The molecule has 2 atom stereocenters. The maximum atomic E-state index is 13.1. The van der Waals surface area contributed by atoms with Crippen LogP contribution >= 0.6 is 0 Å². The lowest BCUT2D eigenvalue weighted by molar-refractivity contribution is 0.0347. The number of nitrogens with zero attached hydrogens (tertiary/aromatic N) is 4. The minimum atomic E-state index is -3.20. The number of hydrogen-bond acceptors (Lipinski definition) is 6. The molecular weight excluding hydrogens is 356 g/mol. The molecule has 0 radical (unpaired) electrons. The highest BCUT2D eigenvalue weighted by Crippen LogP contribution is 2.27. The first-order valence-corrected chi connectivity index (χ1v) is 10.5. The van der Waals surface area contributed by atoms with Crippen molar-refractivity contribution in [2.24, 2.45) is 0 Å². The van der Waals surface area contributed by atoms with Gasteiger partial charge in [0.05, 0.1) is 17.5 Å². The smallest absolute Gasteiger partial charge is 0.270 e. The molecule has 9 heteroatoms. The minimum Gasteiger partial charge on any atom is -0.332 e. The molecule has 4 heterocycles. The maximum absolute atomic E-state index is 13.1. The fourth-order valence-corrected chi connectivity index (χ4v) is 6.01. The third-order valence-corrected chi connectivity index (χ3v) is 7.00. The molecule has 2 aliphatic rings. The number of carbonyl (C=O) groups excluding carboxylic acids is 1. The normalized spacial score (nSPS) is 25.3. The molecule has 26 heavy (non-hydrogen) atoms. The molecule has 1 amide bonds. The monoisotopic (exact) mass is 376 g/mol. The second-order valence-electron chi connectivity index (χ2n) is 6.74. The first-order valence-electron chi connectivity index (χ1n) is 8.63. The van der Waals surface area contributed by atoms with E-state index < -0.39 is 27.3 Å². The minimum absolute atomic E-state index is 0.0262. The SMILES string of the molecule is CCN1CCN(C(=O)c2cnc3ccccn3c2=O)[C@@H]2CS(=O)(=O)C[C@@H]21. The lowest BCUT2D eigenvalue weighted by Gasteiger charge is -2.43. The molecule has 2 aliphatic heterocycles. The Hall–Kier alpha value is -2.26. The van der Waals surface area contributed by atoms with Crippen LogP contribution in [0.3, 0.4) is 0 Å². The van der Waals surface area contributed by atoms with Crippen LogP contribution in [0.2, 0.25) is 0 Å². The van der Waals surface area contributed by atoms with Gasteiger partial charge in [-0.05, 0) is 18.7 Å². The van der Waals surface area contributed by atoms with Gasteiger partial charge in [-0.3, -0.25) is 18.9 Å².